The number of benzene rings is 1. The van der Waals surface area contributed by atoms with Gasteiger partial charge in [-0.2, -0.15) is 0 Å². The second-order valence-electron chi connectivity index (χ2n) is 2.89. The highest BCUT2D eigenvalue weighted by molar-refractivity contribution is 6.40. The van der Waals surface area contributed by atoms with E-state index in [1.165, 1.54) is 12.1 Å². The zero-order valence-corrected chi connectivity index (χ0v) is 8.76. The molecule has 0 spiro atoms. The normalized spacial score (nSPS) is 10.8. The van der Waals surface area contributed by atoms with E-state index in [9.17, 15) is 9.90 Å². The molecule has 2 rings (SSSR count). The Hall–Kier alpha value is -1.39. The molecule has 6 heteroatoms. The van der Waals surface area contributed by atoms with Crippen LogP contribution in [0.1, 0.15) is 0 Å². The molecular formula is C9H5Cl2NO3. The number of rotatable bonds is 0. The maximum Gasteiger partial charge on any atom is 0.363 e. The molecule has 0 fully saturated rings. The zero-order valence-electron chi connectivity index (χ0n) is 7.25. The SMILES string of the molecule is Nc1c(O)c2c(Cl)ccc(Cl)c2oc1=O. The van der Waals surface area contributed by atoms with E-state index < -0.39 is 11.4 Å². The molecule has 0 saturated carbocycles. The summed E-state index contributed by atoms with van der Waals surface area (Å²) >= 11 is 11.6. The van der Waals surface area contributed by atoms with E-state index in [2.05, 4.69) is 0 Å². The van der Waals surface area contributed by atoms with Crippen LogP contribution in [0.25, 0.3) is 11.0 Å². The van der Waals surface area contributed by atoms with Crippen molar-refractivity contribution in [2.45, 2.75) is 0 Å². The molecule has 0 amide bonds. The van der Waals surface area contributed by atoms with Gasteiger partial charge >= 0.3 is 5.63 Å². The van der Waals surface area contributed by atoms with Crippen LogP contribution in [0.5, 0.6) is 5.75 Å². The van der Waals surface area contributed by atoms with Gasteiger partial charge < -0.3 is 15.3 Å². The Morgan fingerprint density at radius 2 is 1.87 bits per heavy atom. The van der Waals surface area contributed by atoms with Crippen molar-refractivity contribution in [2.75, 3.05) is 5.73 Å². The largest absolute Gasteiger partial charge is 0.505 e. The van der Waals surface area contributed by atoms with Crippen molar-refractivity contribution < 1.29 is 9.52 Å². The summed E-state index contributed by atoms with van der Waals surface area (Å²) in [6.07, 6.45) is 0. The molecule has 3 N–H and O–H groups in total. The Kier molecular flexibility index (Phi) is 2.25. The highest BCUT2D eigenvalue weighted by Gasteiger charge is 2.15. The first-order valence-corrected chi connectivity index (χ1v) is 4.67. The van der Waals surface area contributed by atoms with E-state index in [-0.39, 0.29) is 26.7 Å². The Morgan fingerprint density at radius 3 is 2.53 bits per heavy atom. The van der Waals surface area contributed by atoms with Crippen molar-refractivity contribution in [3.63, 3.8) is 0 Å². The molecule has 4 nitrogen and oxygen atoms in total. The topological polar surface area (TPSA) is 76.5 Å². The molecule has 0 aliphatic carbocycles. The van der Waals surface area contributed by atoms with E-state index in [1.54, 1.807) is 0 Å². The van der Waals surface area contributed by atoms with Crippen LogP contribution in [-0.2, 0) is 0 Å². The first-order chi connectivity index (χ1) is 7.02. The van der Waals surface area contributed by atoms with Gasteiger partial charge in [-0.3, -0.25) is 0 Å². The summed E-state index contributed by atoms with van der Waals surface area (Å²) in [5.41, 5.74) is 4.11. The number of anilines is 1. The molecule has 1 heterocycles. The third-order valence-electron chi connectivity index (χ3n) is 1.97. The van der Waals surface area contributed by atoms with Gasteiger partial charge in [-0.1, -0.05) is 23.2 Å². The Balaban J connectivity index is 3.11. The first-order valence-electron chi connectivity index (χ1n) is 3.91. The fourth-order valence-corrected chi connectivity index (χ4v) is 1.67. The lowest BCUT2D eigenvalue weighted by Gasteiger charge is -2.05. The van der Waals surface area contributed by atoms with Crippen molar-refractivity contribution in [2.24, 2.45) is 0 Å². The number of nitrogens with two attached hydrogens (primary N) is 1. The summed E-state index contributed by atoms with van der Waals surface area (Å²) < 4.78 is 4.83. The lowest BCUT2D eigenvalue weighted by Crippen LogP contribution is -2.06. The quantitative estimate of drug-likeness (QED) is 0.699. The van der Waals surface area contributed by atoms with Gasteiger partial charge in [-0.05, 0) is 12.1 Å². The molecule has 0 radical (unpaired) electrons. The minimum absolute atomic E-state index is 0.0286. The van der Waals surface area contributed by atoms with Crippen LogP contribution in [0.4, 0.5) is 5.69 Å². The summed E-state index contributed by atoms with van der Waals surface area (Å²) in [5, 5.41) is 10.1. The average Bonchev–Trinajstić information content (AvgIpc) is 2.20. The third kappa shape index (κ3) is 1.42. The molecular weight excluding hydrogens is 241 g/mol. The lowest BCUT2D eigenvalue weighted by molar-refractivity contribution is 0.472. The highest BCUT2D eigenvalue weighted by Crippen LogP contribution is 2.36. The Morgan fingerprint density at radius 1 is 1.27 bits per heavy atom. The maximum atomic E-state index is 11.2. The van der Waals surface area contributed by atoms with Gasteiger partial charge in [0.1, 0.15) is 0 Å². The molecule has 0 aliphatic rings. The standard InChI is InChI=1S/C9H5Cl2NO3/c10-3-1-2-4(11)8-5(3)7(13)6(12)9(14)15-8/h1-2,13H,12H2. The van der Waals surface area contributed by atoms with Crippen LogP contribution in [0, 0.1) is 0 Å². The van der Waals surface area contributed by atoms with Crippen molar-refractivity contribution >= 4 is 39.9 Å². The average molecular weight is 246 g/mol. The van der Waals surface area contributed by atoms with Crippen molar-refractivity contribution in [3.05, 3.63) is 32.6 Å². The van der Waals surface area contributed by atoms with E-state index in [0.717, 1.165) is 0 Å². The third-order valence-corrected chi connectivity index (χ3v) is 2.58. The fourth-order valence-electron chi connectivity index (χ4n) is 1.23. The molecule has 0 unspecified atom stereocenters. The molecule has 1 aromatic heterocycles. The summed E-state index contributed by atoms with van der Waals surface area (Å²) in [6.45, 7) is 0. The van der Waals surface area contributed by atoms with Crippen LogP contribution in [0.2, 0.25) is 10.0 Å². The molecule has 2 aromatic rings. The van der Waals surface area contributed by atoms with Gasteiger partial charge in [0, 0.05) is 0 Å². The molecule has 0 aliphatic heterocycles. The summed E-state index contributed by atoms with van der Waals surface area (Å²) in [6, 6.07) is 2.94. The van der Waals surface area contributed by atoms with E-state index >= 15 is 0 Å². The summed E-state index contributed by atoms with van der Waals surface area (Å²) in [5.74, 6) is -0.409. The van der Waals surface area contributed by atoms with Gasteiger partial charge in [-0.15, -0.1) is 0 Å². The number of hydrogen-bond donors (Lipinski definition) is 2. The van der Waals surface area contributed by atoms with Crippen LogP contribution >= 0.6 is 23.2 Å². The minimum Gasteiger partial charge on any atom is -0.505 e. The molecule has 0 saturated heterocycles. The first kappa shape index (κ1) is 10.1. The van der Waals surface area contributed by atoms with Gasteiger partial charge in [0.25, 0.3) is 0 Å². The van der Waals surface area contributed by atoms with Gasteiger partial charge in [0.05, 0.1) is 15.4 Å². The number of halogens is 2. The van der Waals surface area contributed by atoms with Crippen molar-refractivity contribution in [1.82, 2.24) is 0 Å². The fraction of sp³-hybridized carbons (Fsp3) is 0. The van der Waals surface area contributed by atoms with E-state index in [4.69, 9.17) is 33.4 Å². The Labute approximate surface area is 93.8 Å². The molecule has 0 atom stereocenters. The van der Waals surface area contributed by atoms with Crippen molar-refractivity contribution in [3.8, 4) is 5.75 Å². The molecule has 15 heavy (non-hydrogen) atoms. The monoisotopic (exact) mass is 245 g/mol. The van der Waals surface area contributed by atoms with Crippen molar-refractivity contribution in [1.29, 1.82) is 0 Å². The van der Waals surface area contributed by atoms with Gasteiger partial charge in [0.15, 0.2) is 17.0 Å². The van der Waals surface area contributed by atoms with Gasteiger partial charge in [0.2, 0.25) is 0 Å². The molecule has 0 bridgehead atoms. The zero-order chi connectivity index (χ0) is 11.2. The number of nitrogen functional groups attached to an aromatic ring is 1. The van der Waals surface area contributed by atoms with Crippen LogP contribution < -0.4 is 11.4 Å². The molecule has 1 aromatic carbocycles. The molecule has 78 valence electrons. The second-order valence-corrected chi connectivity index (χ2v) is 3.70. The predicted molar refractivity (Wildman–Crippen MR) is 58.6 cm³/mol. The second kappa shape index (κ2) is 3.32. The number of hydrogen-bond acceptors (Lipinski definition) is 4. The van der Waals surface area contributed by atoms with Gasteiger partial charge in [-0.25, -0.2) is 4.79 Å². The van der Waals surface area contributed by atoms with E-state index in [0.29, 0.717) is 0 Å². The maximum absolute atomic E-state index is 11.2. The lowest BCUT2D eigenvalue weighted by atomic mass is 10.2. The smallest absolute Gasteiger partial charge is 0.363 e. The highest BCUT2D eigenvalue weighted by atomic mass is 35.5. The van der Waals surface area contributed by atoms with Crippen LogP contribution in [0.15, 0.2) is 21.3 Å². The number of aromatic hydroxyl groups is 1. The minimum atomic E-state index is -0.843. The summed E-state index contributed by atoms with van der Waals surface area (Å²) in [4.78, 5) is 11.2. The predicted octanol–water partition coefficient (Wildman–Crippen LogP) is 2.39. The number of fused-ring (bicyclic) bond motifs is 1. The van der Waals surface area contributed by atoms with Crippen LogP contribution in [-0.4, -0.2) is 5.11 Å². The summed E-state index contributed by atoms with van der Waals surface area (Å²) in [7, 11) is 0. The van der Waals surface area contributed by atoms with Crippen LogP contribution in [0.3, 0.4) is 0 Å². The van der Waals surface area contributed by atoms with E-state index in [1.807, 2.05) is 0 Å². The Bertz CT molecular complexity index is 606.